The number of pyridine rings is 1. The van der Waals surface area contributed by atoms with Crippen molar-refractivity contribution in [3.05, 3.63) is 36.0 Å². The average Bonchev–Trinajstić information content (AvgIpc) is 3.26. The average molecular weight is 428 g/mol. The zero-order chi connectivity index (χ0) is 20.2. The number of fused-ring (bicyclic) bond motifs is 1. The van der Waals surface area contributed by atoms with E-state index >= 15 is 0 Å². The van der Waals surface area contributed by atoms with Gasteiger partial charge in [0.2, 0.25) is 5.91 Å². The van der Waals surface area contributed by atoms with Gasteiger partial charge in [0.05, 0.1) is 29.6 Å². The van der Waals surface area contributed by atoms with Gasteiger partial charge in [-0.1, -0.05) is 0 Å². The lowest BCUT2D eigenvalue weighted by molar-refractivity contribution is -0.129. The summed E-state index contributed by atoms with van der Waals surface area (Å²) in [4.78, 5) is 33.4. The van der Waals surface area contributed by atoms with Gasteiger partial charge in [-0.15, -0.1) is 11.8 Å². The number of nitrogens with zero attached hydrogens (tertiary/aromatic N) is 4. The molecule has 2 saturated heterocycles. The smallest absolute Gasteiger partial charge is 0.252 e. The Bertz CT molecular complexity index is 971. The van der Waals surface area contributed by atoms with E-state index in [-0.39, 0.29) is 18.4 Å². The molecule has 29 heavy (non-hydrogen) atoms. The largest absolute Gasteiger partial charge is 0.370 e. The molecule has 0 unspecified atom stereocenters. The van der Waals surface area contributed by atoms with Crippen molar-refractivity contribution in [3.8, 4) is 6.07 Å². The maximum absolute atomic E-state index is 12.8. The summed E-state index contributed by atoms with van der Waals surface area (Å²) >= 11 is 3.50. The summed E-state index contributed by atoms with van der Waals surface area (Å²) in [5.74, 6) is 2.75. The van der Waals surface area contributed by atoms with Crippen LogP contribution in [0.2, 0.25) is 0 Å². The second kappa shape index (κ2) is 8.93. The number of thioether (sulfide) groups is 2. The van der Waals surface area contributed by atoms with E-state index in [0.717, 1.165) is 41.2 Å². The molecule has 0 aliphatic carbocycles. The highest BCUT2D eigenvalue weighted by Gasteiger charge is 2.29. The van der Waals surface area contributed by atoms with Gasteiger partial charge >= 0.3 is 0 Å². The van der Waals surface area contributed by atoms with E-state index in [1.165, 1.54) is 4.90 Å². The number of benzene rings is 1. The van der Waals surface area contributed by atoms with Gasteiger partial charge < -0.3 is 15.1 Å². The zero-order valence-electron chi connectivity index (χ0n) is 15.8. The molecular formula is C20H21N5O2S2. The van der Waals surface area contributed by atoms with Crippen molar-refractivity contribution in [1.29, 1.82) is 5.26 Å². The molecule has 1 atom stereocenters. The van der Waals surface area contributed by atoms with Gasteiger partial charge in [0.15, 0.2) is 0 Å². The molecule has 7 nitrogen and oxygen atoms in total. The van der Waals surface area contributed by atoms with Crippen LogP contribution in [0.3, 0.4) is 0 Å². The third kappa shape index (κ3) is 4.28. The van der Waals surface area contributed by atoms with E-state index < -0.39 is 6.04 Å². The summed E-state index contributed by atoms with van der Waals surface area (Å²) in [5, 5.41) is 12.6. The second-order valence-corrected chi connectivity index (χ2v) is 9.07. The van der Waals surface area contributed by atoms with Crippen molar-refractivity contribution in [1.82, 2.24) is 15.2 Å². The SMILES string of the molecule is N#C[C@@H]1CSCN1C(=O)CNC(=O)c1ccnc2ccc(N3CCSCC3)cc12. The third-order valence-electron chi connectivity index (χ3n) is 5.10. The van der Waals surface area contributed by atoms with Crippen LogP contribution in [0, 0.1) is 11.3 Å². The van der Waals surface area contributed by atoms with Gasteiger partial charge in [0, 0.05) is 47.6 Å². The molecule has 2 aliphatic heterocycles. The minimum absolute atomic E-state index is 0.121. The van der Waals surface area contributed by atoms with Crippen molar-refractivity contribution in [2.24, 2.45) is 0 Å². The Morgan fingerprint density at radius 1 is 1.24 bits per heavy atom. The van der Waals surface area contributed by atoms with E-state index in [1.54, 1.807) is 24.0 Å². The summed E-state index contributed by atoms with van der Waals surface area (Å²) < 4.78 is 0. The van der Waals surface area contributed by atoms with E-state index in [0.29, 0.717) is 17.2 Å². The number of nitrogens with one attached hydrogen (secondary N) is 1. The summed E-state index contributed by atoms with van der Waals surface area (Å²) in [6.07, 6.45) is 1.61. The van der Waals surface area contributed by atoms with Crippen LogP contribution in [0.25, 0.3) is 10.9 Å². The number of hydrogen-bond acceptors (Lipinski definition) is 7. The van der Waals surface area contributed by atoms with E-state index in [1.807, 2.05) is 30.0 Å². The third-order valence-corrected chi connectivity index (χ3v) is 7.05. The minimum Gasteiger partial charge on any atom is -0.370 e. The standard InChI is InChI=1S/C20H21N5O2S2/c21-10-15-12-29-13-25(15)19(26)11-23-20(27)16-3-4-22-18-2-1-14(9-17(16)18)24-5-7-28-8-6-24/h1-4,9,15H,5-8,11-13H2,(H,23,27)/t15-/m1/s1. The topological polar surface area (TPSA) is 89.3 Å². The summed E-state index contributed by atoms with van der Waals surface area (Å²) in [7, 11) is 0. The highest BCUT2D eigenvalue weighted by atomic mass is 32.2. The molecule has 2 amide bonds. The Kier molecular flexibility index (Phi) is 6.11. The Hall–Kier alpha value is -2.44. The first-order valence-corrected chi connectivity index (χ1v) is 11.7. The number of carbonyl (C=O) groups is 2. The predicted molar refractivity (Wildman–Crippen MR) is 117 cm³/mol. The van der Waals surface area contributed by atoms with Crippen LogP contribution < -0.4 is 10.2 Å². The number of aromatic nitrogens is 1. The number of hydrogen-bond donors (Lipinski definition) is 1. The number of rotatable bonds is 4. The molecule has 0 radical (unpaired) electrons. The molecule has 4 rings (SSSR count). The molecular weight excluding hydrogens is 406 g/mol. The lowest BCUT2D eigenvalue weighted by Gasteiger charge is -2.28. The molecule has 2 aromatic rings. The minimum atomic E-state index is -0.420. The highest BCUT2D eigenvalue weighted by molar-refractivity contribution is 7.99. The molecule has 0 saturated carbocycles. The van der Waals surface area contributed by atoms with E-state index in [2.05, 4.69) is 21.3 Å². The van der Waals surface area contributed by atoms with Crippen LogP contribution in [-0.2, 0) is 4.79 Å². The van der Waals surface area contributed by atoms with Crippen LogP contribution in [0.5, 0.6) is 0 Å². The van der Waals surface area contributed by atoms with Gasteiger partial charge in [-0.3, -0.25) is 14.6 Å². The fourth-order valence-electron chi connectivity index (χ4n) is 3.50. The van der Waals surface area contributed by atoms with Crippen LogP contribution >= 0.6 is 23.5 Å². The highest BCUT2D eigenvalue weighted by Crippen LogP contribution is 2.26. The van der Waals surface area contributed by atoms with Gasteiger partial charge in [-0.25, -0.2) is 0 Å². The lowest BCUT2D eigenvalue weighted by atomic mass is 10.1. The van der Waals surface area contributed by atoms with Crippen LogP contribution in [0.4, 0.5) is 5.69 Å². The van der Waals surface area contributed by atoms with Crippen LogP contribution in [0.1, 0.15) is 10.4 Å². The zero-order valence-corrected chi connectivity index (χ0v) is 17.5. The summed E-state index contributed by atoms with van der Waals surface area (Å²) in [5.41, 5.74) is 2.34. The van der Waals surface area contributed by atoms with Gasteiger partial charge in [0.25, 0.3) is 5.91 Å². The second-order valence-electron chi connectivity index (χ2n) is 6.85. The molecule has 9 heteroatoms. The quantitative estimate of drug-likeness (QED) is 0.798. The molecule has 0 spiro atoms. The Labute approximate surface area is 177 Å². The maximum atomic E-state index is 12.8. The molecule has 2 aliphatic rings. The Morgan fingerprint density at radius 3 is 2.86 bits per heavy atom. The predicted octanol–water partition coefficient (Wildman–Crippen LogP) is 1.94. The van der Waals surface area contributed by atoms with Crippen molar-refractivity contribution >= 4 is 51.9 Å². The Morgan fingerprint density at radius 2 is 2.07 bits per heavy atom. The number of carbonyl (C=O) groups excluding carboxylic acids is 2. The molecule has 1 aromatic heterocycles. The number of nitriles is 1. The van der Waals surface area contributed by atoms with Gasteiger partial charge in [0.1, 0.15) is 6.04 Å². The van der Waals surface area contributed by atoms with Crippen LogP contribution in [-0.4, -0.2) is 70.5 Å². The van der Waals surface area contributed by atoms with Crippen molar-refractivity contribution < 1.29 is 9.59 Å². The monoisotopic (exact) mass is 427 g/mol. The molecule has 1 aromatic carbocycles. The van der Waals surface area contributed by atoms with Crippen molar-refractivity contribution in [2.75, 3.05) is 47.7 Å². The number of anilines is 1. The fraction of sp³-hybridized carbons (Fsp3) is 0.400. The van der Waals surface area contributed by atoms with E-state index in [9.17, 15) is 9.59 Å². The lowest BCUT2D eigenvalue weighted by Crippen LogP contribution is -2.42. The van der Waals surface area contributed by atoms with Crippen molar-refractivity contribution in [2.45, 2.75) is 6.04 Å². The fourth-order valence-corrected chi connectivity index (χ4v) is 5.51. The van der Waals surface area contributed by atoms with E-state index in [4.69, 9.17) is 5.26 Å². The Balaban J connectivity index is 1.51. The molecule has 1 N–H and O–H groups in total. The van der Waals surface area contributed by atoms with Crippen molar-refractivity contribution in [3.63, 3.8) is 0 Å². The molecule has 2 fully saturated rings. The molecule has 3 heterocycles. The molecule has 0 bridgehead atoms. The van der Waals surface area contributed by atoms with Gasteiger partial charge in [-0.05, 0) is 24.3 Å². The summed E-state index contributed by atoms with van der Waals surface area (Å²) in [6.45, 7) is 1.85. The summed E-state index contributed by atoms with van der Waals surface area (Å²) in [6, 6.07) is 9.39. The number of amides is 2. The first-order valence-electron chi connectivity index (χ1n) is 9.44. The van der Waals surface area contributed by atoms with Crippen LogP contribution in [0.15, 0.2) is 30.5 Å². The molecule has 150 valence electrons. The normalized spacial score (nSPS) is 19.2. The van der Waals surface area contributed by atoms with Gasteiger partial charge in [-0.2, -0.15) is 17.0 Å². The first kappa shape index (κ1) is 19.9. The first-order chi connectivity index (χ1) is 14.2. The maximum Gasteiger partial charge on any atom is 0.252 e.